The fraction of sp³-hybridized carbons (Fsp3) is 0.622. The van der Waals surface area contributed by atoms with E-state index in [1.165, 1.54) is 88.3 Å². The number of aryl methyl sites for hydroxylation is 1. The van der Waals surface area contributed by atoms with Gasteiger partial charge in [0.05, 0.1) is 13.2 Å². The fourth-order valence-electron chi connectivity index (χ4n) is 6.64. The molecule has 217 valence electrons. The van der Waals surface area contributed by atoms with Crippen LogP contribution in [0.25, 0.3) is 0 Å². The zero-order valence-corrected chi connectivity index (χ0v) is 31.6. The van der Waals surface area contributed by atoms with Crippen molar-refractivity contribution in [2.45, 2.75) is 101 Å². The zero-order chi connectivity index (χ0) is 28.6. The van der Waals surface area contributed by atoms with Crippen LogP contribution in [0, 0.1) is 11.8 Å². The Morgan fingerprint density at radius 1 is 0.975 bits per heavy atom. The van der Waals surface area contributed by atoms with E-state index < -0.39 is 0 Å². The van der Waals surface area contributed by atoms with Crippen molar-refractivity contribution in [2.24, 2.45) is 11.8 Å². The molecule has 2 fully saturated rings. The Morgan fingerprint density at radius 3 is 2.35 bits per heavy atom. The van der Waals surface area contributed by atoms with Gasteiger partial charge < -0.3 is 4.74 Å². The van der Waals surface area contributed by atoms with Gasteiger partial charge in [-0.15, -0.1) is 6.58 Å². The van der Waals surface area contributed by atoms with Crippen LogP contribution in [-0.4, -0.2) is 37.7 Å². The molecule has 40 heavy (non-hydrogen) atoms. The topological polar surface area (TPSA) is 12.5 Å². The third kappa shape index (κ3) is 12.1. The van der Waals surface area contributed by atoms with E-state index in [9.17, 15) is 0 Å². The normalized spacial score (nSPS) is 22.0. The van der Waals surface area contributed by atoms with Crippen LogP contribution in [0.5, 0.6) is 0 Å². The van der Waals surface area contributed by atoms with Crippen molar-refractivity contribution in [1.82, 2.24) is 4.90 Å². The summed E-state index contributed by atoms with van der Waals surface area (Å²) >= 11 is 0.774. The fourth-order valence-corrected chi connectivity index (χ4v) is 8.49. The molecule has 0 radical (unpaired) electrons. The predicted octanol–water partition coefficient (Wildman–Crippen LogP) is 9.68. The first-order chi connectivity index (χ1) is 19.5. The van der Waals surface area contributed by atoms with Crippen LogP contribution in [0.4, 0.5) is 0 Å². The van der Waals surface area contributed by atoms with Crippen molar-refractivity contribution in [1.29, 1.82) is 0 Å². The summed E-state index contributed by atoms with van der Waals surface area (Å²) in [5.41, 5.74) is 6.02. The minimum Gasteiger partial charge on any atom is -0.379 e. The maximum Gasteiger partial charge on any atom is 0.0594 e. The molecule has 2 aliphatic rings. The zero-order valence-electron chi connectivity index (χ0n) is 26.1. The summed E-state index contributed by atoms with van der Waals surface area (Å²) in [4.78, 5) is 2.45. The molecule has 2 aromatic rings. The molecule has 4 rings (SSSR count). The molecular formula is C37H56HgNO. The van der Waals surface area contributed by atoms with Crippen molar-refractivity contribution < 1.29 is 30.9 Å². The van der Waals surface area contributed by atoms with Crippen LogP contribution in [0.2, 0.25) is 0 Å². The van der Waals surface area contributed by atoms with Crippen molar-refractivity contribution in [3.63, 3.8) is 0 Å². The maximum absolute atomic E-state index is 5.20. The first kappa shape index (κ1) is 33.5. The van der Waals surface area contributed by atoms with Crippen molar-refractivity contribution in [3.8, 4) is 0 Å². The van der Waals surface area contributed by atoms with Gasteiger partial charge in [0.15, 0.2) is 0 Å². The summed E-state index contributed by atoms with van der Waals surface area (Å²) in [5, 5.41) is 0. The Hall–Kier alpha value is -0.965. The van der Waals surface area contributed by atoms with Crippen molar-refractivity contribution in [2.75, 3.05) is 32.8 Å². The van der Waals surface area contributed by atoms with Gasteiger partial charge in [0, 0.05) is 13.1 Å². The summed E-state index contributed by atoms with van der Waals surface area (Å²) in [7, 11) is 0. The smallest absolute Gasteiger partial charge is 0.0594 e. The van der Waals surface area contributed by atoms with Crippen LogP contribution in [0.3, 0.4) is 0 Å². The van der Waals surface area contributed by atoms with Crippen molar-refractivity contribution >= 4 is 0 Å². The number of rotatable bonds is 14. The molecular weight excluding hydrogens is 675 g/mol. The Labute approximate surface area is 263 Å². The van der Waals surface area contributed by atoms with E-state index in [2.05, 4.69) is 86.8 Å². The Morgan fingerprint density at radius 2 is 1.68 bits per heavy atom. The van der Waals surface area contributed by atoms with Gasteiger partial charge in [-0.05, 0) is 26.3 Å². The van der Waals surface area contributed by atoms with E-state index >= 15 is 0 Å². The average molecular weight is 731 g/mol. The number of allylic oxidation sites excluding steroid dienone is 1. The average Bonchev–Trinajstić information content (AvgIpc) is 3.35. The summed E-state index contributed by atoms with van der Waals surface area (Å²) in [6.07, 6.45) is 14.7. The number of benzene rings is 2. The van der Waals surface area contributed by atoms with Crippen LogP contribution >= 0.6 is 0 Å². The molecule has 1 aliphatic carbocycles. The standard InChI is InChI=1S/C30H41.C7H15NO.Hg/c1-24(2)12-7-4-5-10-17-29-25(3)18-23-30(29)28-21-19-27(20-22-28)16-11-15-26-13-8-6-9-14-26;1-2-3-8-4-6-9-7-5-8;/h6,8-9,13-14,16,19-22,25,29-30H,1,4-5,7,10-12,15,17-18,23H2,2-3H3;2-7H2,1H3;. The molecule has 1 saturated carbocycles. The molecule has 2 aromatic carbocycles. The summed E-state index contributed by atoms with van der Waals surface area (Å²) in [6.45, 7) is 16.3. The quantitative estimate of drug-likeness (QED) is 0.109. The molecule has 1 saturated heterocycles. The van der Waals surface area contributed by atoms with Crippen LogP contribution in [0.1, 0.15) is 111 Å². The Bertz CT molecular complexity index is 934. The first-order valence-electron chi connectivity index (χ1n) is 16.4. The van der Waals surface area contributed by atoms with Crippen LogP contribution in [-0.2, 0) is 37.3 Å². The second-order valence-electron chi connectivity index (χ2n) is 12.6. The molecule has 0 amide bonds. The second-order valence-corrected chi connectivity index (χ2v) is 16.4. The van der Waals surface area contributed by atoms with E-state index in [-0.39, 0.29) is 0 Å². The number of morpholine rings is 1. The van der Waals surface area contributed by atoms with Gasteiger partial charge in [0.1, 0.15) is 0 Å². The Kier molecular flexibility index (Phi) is 16.2. The van der Waals surface area contributed by atoms with E-state index in [0.29, 0.717) is 0 Å². The SMILES string of the molecule is C=C(C)CCCCCCC1C(C)CCC1c1ccc([CH]([Hg])CCc2ccccc2)cc1.CCCN1CCOCC1. The predicted molar refractivity (Wildman–Crippen MR) is 169 cm³/mol. The van der Waals surface area contributed by atoms with Crippen LogP contribution < -0.4 is 0 Å². The molecule has 4 unspecified atom stereocenters. The summed E-state index contributed by atoms with van der Waals surface area (Å²) in [6, 6.07) is 20.9. The van der Waals surface area contributed by atoms with Gasteiger partial charge in [-0.25, -0.2) is 0 Å². The van der Waals surface area contributed by atoms with Gasteiger partial charge in [0.25, 0.3) is 0 Å². The molecule has 1 aliphatic heterocycles. The molecule has 0 N–H and O–H groups in total. The number of hydrogen-bond donors (Lipinski definition) is 0. The monoisotopic (exact) mass is 732 g/mol. The van der Waals surface area contributed by atoms with Crippen LogP contribution in [0.15, 0.2) is 66.7 Å². The number of nitrogens with zero attached hydrogens (tertiary/aromatic N) is 1. The minimum absolute atomic E-state index is 0.774. The molecule has 0 aromatic heterocycles. The Balaban J connectivity index is 0.000000415. The number of ether oxygens (including phenoxy) is 1. The van der Waals surface area contributed by atoms with E-state index in [1.807, 2.05) is 0 Å². The molecule has 0 spiro atoms. The van der Waals surface area contributed by atoms with Gasteiger partial charge in [-0.2, -0.15) is 0 Å². The van der Waals surface area contributed by atoms with E-state index in [1.54, 1.807) is 11.1 Å². The molecule has 0 bridgehead atoms. The van der Waals surface area contributed by atoms with Crippen molar-refractivity contribution in [3.05, 3.63) is 83.4 Å². The number of hydrogen-bond acceptors (Lipinski definition) is 2. The maximum atomic E-state index is 5.20. The minimum atomic E-state index is 0.774. The second kappa shape index (κ2) is 19.3. The third-order valence-corrected chi connectivity index (χ3v) is 12.6. The first-order valence-corrected chi connectivity index (χ1v) is 19.6. The largest absolute Gasteiger partial charge is 0.379 e. The van der Waals surface area contributed by atoms with Gasteiger partial charge in [-0.3, -0.25) is 4.90 Å². The molecule has 1 heterocycles. The van der Waals surface area contributed by atoms with Gasteiger partial charge in [0.2, 0.25) is 0 Å². The third-order valence-electron chi connectivity index (χ3n) is 9.18. The summed E-state index contributed by atoms with van der Waals surface area (Å²) < 4.78 is 6.02. The summed E-state index contributed by atoms with van der Waals surface area (Å²) in [5.74, 6) is 2.57. The van der Waals surface area contributed by atoms with Gasteiger partial charge >= 0.3 is 183 Å². The van der Waals surface area contributed by atoms with E-state index in [0.717, 1.165) is 73.6 Å². The molecule has 2 nitrogen and oxygen atoms in total. The van der Waals surface area contributed by atoms with E-state index in [4.69, 9.17) is 4.74 Å². The van der Waals surface area contributed by atoms with Gasteiger partial charge in [-0.1, -0.05) is 12.5 Å². The number of unbranched alkanes of at least 4 members (excludes halogenated alkanes) is 3. The molecule has 3 heteroatoms. The molecule has 4 atom stereocenters.